The molecule has 0 radical (unpaired) electrons. The van der Waals surface area contributed by atoms with Gasteiger partial charge in [-0.1, -0.05) is 66.7 Å². The zero-order chi connectivity index (χ0) is 27.2. The number of hydrogen-bond donors (Lipinski definition) is 1. The second-order valence-electron chi connectivity index (χ2n) is 9.49. The molecule has 2 amide bonds. The quantitative estimate of drug-likeness (QED) is 0.261. The van der Waals surface area contributed by atoms with E-state index in [0.717, 1.165) is 28.1 Å². The van der Waals surface area contributed by atoms with E-state index < -0.39 is 0 Å². The lowest BCUT2D eigenvalue weighted by molar-refractivity contribution is -0.135. The molecule has 5 aromatic rings. The molecule has 0 unspecified atom stereocenters. The summed E-state index contributed by atoms with van der Waals surface area (Å²) in [6, 6.07) is 29.0. The highest BCUT2D eigenvalue weighted by Gasteiger charge is 2.21. The van der Waals surface area contributed by atoms with Crippen LogP contribution in [0.2, 0.25) is 0 Å². The van der Waals surface area contributed by atoms with Crippen LogP contribution in [0.1, 0.15) is 22.5 Å². The first-order valence-corrected chi connectivity index (χ1v) is 12.8. The Labute approximate surface area is 227 Å². The maximum Gasteiger partial charge on any atom is 0.246 e. The zero-order valence-electron chi connectivity index (χ0n) is 22.0. The van der Waals surface area contributed by atoms with Gasteiger partial charge in [0.2, 0.25) is 17.8 Å². The lowest BCUT2D eigenvalue weighted by Gasteiger charge is -2.21. The van der Waals surface area contributed by atoms with E-state index in [9.17, 15) is 9.59 Å². The van der Waals surface area contributed by atoms with E-state index in [-0.39, 0.29) is 31.3 Å². The molecule has 2 heterocycles. The number of nitrogens with one attached hydrogen (secondary N) is 1. The molecule has 0 spiro atoms. The summed E-state index contributed by atoms with van der Waals surface area (Å²) in [5.41, 5.74) is 5.75. The molecule has 0 aliphatic carbocycles. The summed E-state index contributed by atoms with van der Waals surface area (Å²) in [4.78, 5) is 32.9. The van der Waals surface area contributed by atoms with Crippen LogP contribution in [0.3, 0.4) is 0 Å². The highest BCUT2D eigenvalue weighted by Crippen LogP contribution is 2.25. The maximum absolute atomic E-state index is 13.4. The fraction of sp³-hybridized carbons (Fsp3) is 0.156. The summed E-state index contributed by atoms with van der Waals surface area (Å²) < 4.78 is 7.34. The smallest absolute Gasteiger partial charge is 0.246 e. The summed E-state index contributed by atoms with van der Waals surface area (Å²) in [5, 5.41) is 2.95. The van der Waals surface area contributed by atoms with Crippen molar-refractivity contribution in [2.45, 2.75) is 26.8 Å². The number of hydrogen-bond acceptors (Lipinski definition) is 4. The van der Waals surface area contributed by atoms with Gasteiger partial charge in [-0.15, -0.1) is 0 Å². The number of aryl methyl sites for hydroxylation is 2. The molecule has 0 fully saturated rings. The third-order valence-corrected chi connectivity index (χ3v) is 6.61. The van der Waals surface area contributed by atoms with E-state index in [1.54, 1.807) is 18.4 Å². The first-order valence-electron chi connectivity index (χ1n) is 12.8. The molecule has 5 rings (SSSR count). The number of nitrogens with zero attached hydrogens (tertiary/aromatic N) is 3. The Balaban J connectivity index is 1.41. The highest BCUT2D eigenvalue weighted by molar-refractivity contribution is 5.94. The molecule has 0 saturated heterocycles. The van der Waals surface area contributed by atoms with Crippen molar-refractivity contribution < 1.29 is 14.0 Å². The van der Waals surface area contributed by atoms with Gasteiger partial charge in [0.1, 0.15) is 12.3 Å². The van der Waals surface area contributed by atoms with Gasteiger partial charge in [0.25, 0.3) is 0 Å². The lowest BCUT2D eigenvalue weighted by atomic mass is 10.1. The third kappa shape index (κ3) is 6.33. The van der Waals surface area contributed by atoms with Crippen LogP contribution in [0.15, 0.2) is 108 Å². The molecule has 196 valence electrons. The summed E-state index contributed by atoms with van der Waals surface area (Å²) in [5.74, 6) is 0.469. The van der Waals surface area contributed by atoms with Crippen molar-refractivity contribution in [3.63, 3.8) is 0 Å². The number of aromatic nitrogens is 2. The normalized spacial score (nSPS) is 10.8. The van der Waals surface area contributed by atoms with Crippen LogP contribution < -0.4 is 5.32 Å². The number of carbonyl (C=O) groups excluding carboxylic acids is 2. The molecule has 7 nitrogen and oxygen atoms in total. The number of benzene rings is 3. The molecule has 0 saturated carbocycles. The van der Waals surface area contributed by atoms with Crippen molar-refractivity contribution in [3.8, 4) is 16.9 Å². The van der Waals surface area contributed by atoms with Crippen LogP contribution in [0, 0.1) is 13.8 Å². The van der Waals surface area contributed by atoms with E-state index in [1.807, 2.05) is 83.6 Å². The second-order valence-corrected chi connectivity index (χ2v) is 9.49. The predicted molar refractivity (Wildman–Crippen MR) is 151 cm³/mol. The fourth-order valence-corrected chi connectivity index (χ4v) is 4.33. The second kappa shape index (κ2) is 11.6. The van der Waals surface area contributed by atoms with Gasteiger partial charge in [0, 0.05) is 17.4 Å². The molecular weight excluding hydrogens is 488 g/mol. The lowest BCUT2D eigenvalue weighted by Crippen LogP contribution is -2.38. The SMILES string of the molecule is Cc1ccc(-n2cc(-c3ccccc3)nc2NC(=O)CN(Cc2ccco2)C(=O)Cc2ccccc2)cc1C. The number of rotatable bonds is 9. The standard InChI is InChI=1S/C32H30N4O3/c1-23-15-16-27(18-24(23)2)36-21-29(26-12-7-4-8-13-26)33-32(36)34-30(37)22-35(20-28-14-9-17-39-28)31(38)19-25-10-5-3-6-11-25/h3-18,21H,19-20,22H2,1-2H3,(H,33,34,37). The van der Waals surface area contributed by atoms with E-state index >= 15 is 0 Å². The average Bonchev–Trinajstić information content (AvgIpc) is 3.61. The van der Waals surface area contributed by atoms with Crippen LogP contribution in [0.5, 0.6) is 0 Å². The maximum atomic E-state index is 13.4. The number of furan rings is 1. The molecule has 39 heavy (non-hydrogen) atoms. The Hall–Kier alpha value is -4.91. The molecule has 1 N–H and O–H groups in total. The minimum absolute atomic E-state index is 0.146. The van der Waals surface area contributed by atoms with Crippen molar-refractivity contribution in [1.29, 1.82) is 0 Å². The fourth-order valence-electron chi connectivity index (χ4n) is 4.33. The van der Waals surface area contributed by atoms with Crippen LogP contribution in [0.25, 0.3) is 16.9 Å². The van der Waals surface area contributed by atoms with Crippen molar-refractivity contribution in [2.75, 3.05) is 11.9 Å². The monoisotopic (exact) mass is 518 g/mol. The van der Waals surface area contributed by atoms with E-state index in [2.05, 4.69) is 25.2 Å². The Bertz CT molecular complexity index is 1560. The molecule has 2 aromatic heterocycles. The van der Waals surface area contributed by atoms with Crippen LogP contribution in [-0.4, -0.2) is 32.8 Å². The molecular formula is C32H30N4O3. The van der Waals surface area contributed by atoms with E-state index in [4.69, 9.17) is 9.40 Å². The number of carbonyl (C=O) groups is 2. The van der Waals surface area contributed by atoms with Gasteiger partial charge in [-0.3, -0.25) is 19.5 Å². The molecule has 0 aliphatic rings. The summed E-state index contributed by atoms with van der Waals surface area (Å²) >= 11 is 0. The number of amides is 2. The van der Waals surface area contributed by atoms with Gasteiger partial charge in [-0.25, -0.2) is 4.98 Å². The summed E-state index contributed by atoms with van der Waals surface area (Å²) in [7, 11) is 0. The molecule has 0 atom stereocenters. The van der Waals surface area contributed by atoms with Crippen LogP contribution >= 0.6 is 0 Å². The van der Waals surface area contributed by atoms with E-state index in [1.165, 1.54) is 10.5 Å². The molecule has 3 aromatic carbocycles. The van der Waals surface area contributed by atoms with Crippen molar-refractivity contribution >= 4 is 17.8 Å². The van der Waals surface area contributed by atoms with Crippen LogP contribution in [0.4, 0.5) is 5.95 Å². The third-order valence-electron chi connectivity index (χ3n) is 6.61. The van der Waals surface area contributed by atoms with Gasteiger partial charge in [-0.2, -0.15) is 0 Å². The van der Waals surface area contributed by atoms with Gasteiger partial charge in [0.05, 0.1) is 24.9 Å². The van der Waals surface area contributed by atoms with Gasteiger partial charge >= 0.3 is 0 Å². The largest absolute Gasteiger partial charge is 0.467 e. The molecule has 7 heteroatoms. The zero-order valence-corrected chi connectivity index (χ0v) is 22.0. The van der Waals surface area contributed by atoms with Gasteiger partial charge in [0.15, 0.2) is 0 Å². The number of anilines is 1. The molecule has 0 aliphatic heterocycles. The Morgan fingerprint density at radius 3 is 2.33 bits per heavy atom. The summed E-state index contributed by atoms with van der Waals surface area (Å²) in [6.07, 6.45) is 3.65. The molecule has 0 bridgehead atoms. The van der Waals surface area contributed by atoms with Crippen molar-refractivity contribution in [1.82, 2.24) is 14.5 Å². The minimum Gasteiger partial charge on any atom is -0.467 e. The van der Waals surface area contributed by atoms with E-state index in [0.29, 0.717) is 11.7 Å². The Morgan fingerprint density at radius 1 is 0.897 bits per heavy atom. The number of imidazole rings is 1. The van der Waals surface area contributed by atoms with Crippen molar-refractivity contribution in [2.24, 2.45) is 0 Å². The first kappa shape index (κ1) is 25.7. The Morgan fingerprint density at radius 2 is 1.64 bits per heavy atom. The predicted octanol–water partition coefficient (Wildman–Crippen LogP) is 5.96. The highest BCUT2D eigenvalue weighted by atomic mass is 16.3. The Kier molecular flexibility index (Phi) is 7.68. The minimum atomic E-state index is -0.349. The van der Waals surface area contributed by atoms with Crippen molar-refractivity contribution in [3.05, 3.63) is 126 Å². The van der Waals surface area contributed by atoms with Gasteiger partial charge < -0.3 is 9.32 Å². The topological polar surface area (TPSA) is 80.4 Å². The van der Waals surface area contributed by atoms with Gasteiger partial charge in [-0.05, 0) is 54.8 Å². The first-order chi connectivity index (χ1) is 19.0. The van der Waals surface area contributed by atoms with Crippen LogP contribution in [-0.2, 0) is 22.6 Å². The average molecular weight is 519 g/mol. The summed E-state index contributed by atoms with van der Waals surface area (Å²) in [6.45, 7) is 4.15.